The molecule has 7 heteroatoms. The summed E-state index contributed by atoms with van der Waals surface area (Å²) in [5, 5.41) is 12.0. The van der Waals surface area contributed by atoms with E-state index in [0.717, 1.165) is 13.0 Å². The second kappa shape index (κ2) is 6.45. The standard InChI is InChI=1S/C16H20N2O5/c1-10(18-6-2-3-11(8-18)16(20)21)15(19)17-12-4-5-13-14(7-12)23-9-22-13/h4-5,7,10-11H,2-3,6,8-9H2,1H3,(H,17,19)(H,20,21). The van der Waals surface area contributed by atoms with Gasteiger partial charge in [-0.15, -0.1) is 0 Å². The molecular weight excluding hydrogens is 300 g/mol. The number of nitrogens with one attached hydrogen (secondary N) is 1. The molecule has 3 rings (SSSR count). The number of carbonyl (C=O) groups is 2. The maximum absolute atomic E-state index is 12.4. The fourth-order valence-corrected chi connectivity index (χ4v) is 2.95. The minimum absolute atomic E-state index is 0.157. The molecule has 1 aromatic carbocycles. The summed E-state index contributed by atoms with van der Waals surface area (Å²) in [5.74, 6) is -0.0757. The molecule has 124 valence electrons. The Hall–Kier alpha value is -2.28. The second-order valence-electron chi connectivity index (χ2n) is 5.91. The lowest BCUT2D eigenvalue weighted by molar-refractivity contribution is -0.144. The summed E-state index contributed by atoms with van der Waals surface area (Å²) in [6.45, 7) is 3.13. The van der Waals surface area contributed by atoms with Crippen molar-refractivity contribution in [3.05, 3.63) is 18.2 Å². The van der Waals surface area contributed by atoms with Gasteiger partial charge in [-0.1, -0.05) is 0 Å². The van der Waals surface area contributed by atoms with Crippen LogP contribution in [0.4, 0.5) is 5.69 Å². The first kappa shape index (κ1) is 15.6. The minimum Gasteiger partial charge on any atom is -0.481 e. The molecule has 1 amide bonds. The van der Waals surface area contributed by atoms with E-state index in [9.17, 15) is 9.59 Å². The molecular formula is C16H20N2O5. The molecule has 2 heterocycles. The van der Waals surface area contributed by atoms with Crippen molar-refractivity contribution in [2.24, 2.45) is 5.92 Å². The number of hydrogen-bond donors (Lipinski definition) is 2. The predicted molar refractivity (Wildman–Crippen MR) is 82.6 cm³/mol. The third kappa shape index (κ3) is 3.39. The van der Waals surface area contributed by atoms with Crippen molar-refractivity contribution in [2.45, 2.75) is 25.8 Å². The number of likely N-dealkylation sites (tertiary alicyclic amines) is 1. The zero-order valence-electron chi connectivity index (χ0n) is 12.9. The fraction of sp³-hybridized carbons (Fsp3) is 0.500. The van der Waals surface area contributed by atoms with Crippen molar-refractivity contribution < 1.29 is 24.2 Å². The average Bonchev–Trinajstić information content (AvgIpc) is 3.01. The smallest absolute Gasteiger partial charge is 0.307 e. The largest absolute Gasteiger partial charge is 0.481 e. The Morgan fingerprint density at radius 2 is 2.13 bits per heavy atom. The van der Waals surface area contributed by atoms with Crippen LogP contribution >= 0.6 is 0 Å². The second-order valence-corrected chi connectivity index (χ2v) is 5.91. The molecule has 0 aromatic heterocycles. The van der Waals surface area contributed by atoms with Crippen molar-refractivity contribution in [1.82, 2.24) is 4.90 Å². The number of piperidine rings is 1. The molecule has 1 saturated heterocycles. The monoisotopic (exact) mass is 320 g/mol. The van der Waals surface area contributed by atoms with Crippen LogP contribution in [0.25, 0.3) is 0 Å². The minimum atomic E-state index is -0.793. The zero-order chi connectivity index (χ0) is 16.4. The Kier molecular flexibility index (Phi) is 4.38. The first-order valence-electron chi connectivity index (χ1n) is 7.72. The number of ether oxygens (including phenoxy) is 2. The van der Waals surface area contributed by atoms with Crippen molar-refractivity contribution >= 4 is 17.6 Å². The highest BCUT2D eigenvalue weighted by Crippen LogP contribution is 2.34. The highest BCUT2D eigenvalue weighted by atomic mass is 16.7. The molecule has 1 fully saturated rings. The summed E-state index contributed by atoms with van der Waals surface area (Å²) in [4.78, 5) is 25.5. The van der Waals surface area contributed by atoms with Gasteiger partial charge in [-0.3, -0.25) is 14.5 Å². The van der Waals surface area contributed by atoms with Gasteiger partial charge in [-0.25, -0.2) is 0 Å². The number of amides is 1. The van der Waals surface area contributed by atoms with Gasteiger partial charge in [0.2, 0.25) is 12.7 Å². The normalized spacial score (nSPS) is 21.7. The van der Waals surface area contributed by atoms with Gasteiger partial charge in [0.1, 0.15) is 0 Å². The van der Waals surface area contributed by atoms with E-state index in [1.807, 2.05) is 4.90 Å². The molecule has 2 aliphatic heterocycles. The van der Waals surface area contributed by atoms with Gasteiger partial charge in [0.05, 0.1) is 12.0 Å². The third-order valence-electron chi connectivity index (χ3n) is 4.37. The molecule has 23 heavy (non-hydrogen) atoms. The highest BCUT2D eigenvalue weighted by molar-refractivity contribution is 5.95. The van der Waals surface area contributed by atoms with Crippen LogP contribution in [-0.4, -0.2) is 47.8 Å². The Morgan fingerprint density at radius 3 is 2.91 bits per heavy atom. The van der Waals surface area contributed by atoms with Crippen LogP contribution < -0.4 is 14.8 Å². The van der Waals surface area contributed by atoms with Crippen LogP contribution in [0.5, 0.6) is 11.5 Å². The lowest BCUT2D eigenvalue weighted by atomic mass is 9.97. The van der Waals surface area contributed by atoms with Gasteiger partial charge in [0.25, 0.3) is 0 Å². The molecule has 2 atom stereocenters. The number of anilines is 1. The zero-order valence-corrected chi connectivity index (χ0v) is 12.9. The number of carboxylic acid groups (broad SMARTS) is 1. The van der Waals surface area contributed by atoms with Crippen molar-refractivity contribution in [3.63, 3.8) is 0 Å². The summed E-state index contributed by atoms with van der Waals surface area (Å²) in [5.41, 5.74) is 0.637. The van der Waals surface area contributed by atoms with Gasteiger partial charge >= 0.3 is 5.97 Å². The quantitative estimate of drug-likeness (QED) is 0.875. The molecule has 0 saturated carbocycles. The van der Waals surface area contributed by atoms with E-state index in [0.29, 0.717) is 30.2 Å². The molecule has 1 aromatic rings. The molecule has 2 aliphatic rings. The van der Waals surface area contributed by atoms with Crippen LogP contribution in [0.2, 0.25) is 0 Å². The van der Waals surface area contributed by atoms with Gasteiger partial charge in [0.15, 0.2) is 11.5 Å². The highest BCUT2D eigenvalue weighted by Gasteiger charge is 2.30. The Morgan fingerprint density at radius 1 is 1.35 bits per heavy atom. The predicted octanol–water partition coefficient (Wildman–Crippen LogP) is 1.54. The van der Waals surface area contributed by atoms with Gasteiger partial charge in [-0.2, -0.15) is 0 Å². The molecule has 7 nitrogen and oxygen atoms in total. The van der Waals surface area contributed by atoms with Gasteiger partial charge < -0.3 is 19.9 Å². The summed E-state index contributed by atoms with van der Waals surface area (Å²) in [6.07, 6.45) is 1.46. The van der Waals surface area contributed by atoms with Crippen molar-refractivity contribution in [3.8, 4) is 11.5 Å². The van der Waals surface area contributed by atoms with Crippen LogP contribution in [0.1, 0.15) is 19.8 Å². The van der Waals surface area contributed by atoms with Crippen LogP contribution in [0, 0.1) is 5.92 Å². The SMILES string of the molecule is CC(C(=O)Nc1ccc2c(c1)OCO2)N1CCCC(C(=O)O)C1. The molecule has 0 spiro atoms. The van der Waals surface area contributed by atoms with Crippen LogP contribution in [0.3, 0.4) is 0 Å². The van der Waals surface area contributed by atoms with E-state index in [1.54, 1.807) is 25.1 Å². The van der Waals surface area contributed by atoms with Crippen molar-refractivity contribution in [1.29, 1.82) is 0 Å². The lowest BCUT2D eigenvalue weighted by Crippen LogP contribution is -2.48. The third-order valence-corrected chi connectivity index (χ3v) is 4.37. The maximum Gasteiger partial charge on any atom is 0.307 e. The summed E-state index contributed by atoms with van der Waals surface area (Å²) >= 11 is 0. The Bertz CT molecular complexity index is 618. The van der Waals surface area contributed by atoms with E-state index < -0.39 is 11.9 Å². The van der Waals surface area contributed by atoms with E-state index in [-0.39, 0.29) is 18.7 Å². The number of aliphatic carboxylic acids is 1. The number of benzene rings is 1. The number of hydrogen-bond acceptors (Lipinski definition) is 5. The fourth-order valence-electron chi connectivity index (χ4n) is 2.95. The lowest BCUT2D eigenvalue weighted by Gasteiger charge is -2.34. The number of carbonyl (C=O) groups excluding carboxylic acids is 1. The first-order chi connectivity index (χ1) is 11.0. The number of rotatable bonds is 4. The van der Waals surface area contributed by atoms with Crippen LogP contribution in [0.15, 0.2) is 18.2 Å². The van der Waals surface area contributed by atoms with E-state index in [1.165, 1.54) is 0 Å². The Labute approximate surface area is 134 Å². The Balaban J connectivity index is 1.62. The summed E-state index contributed by atoms with van der Waals surface area (Å²) in [7, 11) is 0. The summed E-state index contributed by atoms with van der Waals surface area (Å²) in [6, 6.07) is 4.85. The first-order valence-corrected chi connectivity index (χ1v) is 7.72. The number of fused-ring (bicyclic) bond motifs is 1. The van der Waals surface area contributed by atoms with Gasteiger partial charge in [-0.05, 0) is 38.4 Å². The molecule has 2 unspecified atom stereocenters. The van der Waals surface area contributed by atoms with Crippen LogP contribution in [-0.2, 0) is 9.59 Å². The summed E-state index contributed by atoms with van der Waals surface area (Å²) < 4.78 is 10.5. The van der Waals surface area contributed by atoms with Gasteiger partial charge in [0, 0.05) is 18.3 Å². The topological polar surface area (TPSA) is 88.1 Å². The van der Waals surface area contributed by atoms with E-state index >= 15 is 0 Å². The molecule has 0 aliphatic carbocycles. The molecule has 2 N–H and O–H groups in total. The number of nitrogens with zero attached hydrogens (tertiary/aromatic N) is 1. The van der Waals surface area contributed by atoms with E-state index in [2.05, 4.69) is 5.32 Å². The van der Waals surface area contributed by atoms with Crippen molar-refractivity contribution in [2.75, 3.05) is 25.2 Å². The maximum atomic E-state index is 12.4. The molecule has 0 radical (unpaired) electrons. The van der Waals surface area contributed by atoms with E-state index in [4.69, 9.17) is 14.6 Å². The number of carboxylic acids is 1. The molecule has 0 bridgehead atoms. The average molecular weight is 320 g/mol.